The van der Waals surface area contributed by atoms with Crippen molar-refractivity contribution in [3.8, 4) is 11.5 Å². The number of ether oxygens (including phenoxy) is 2. The van der Waals surface area contributed by atoms with E-state index in [4.69, 9.17) is 9.47 Å². The first-order valence-corrected chi connectivity index (χ1v) is 11.7. The minimum atomic E-state index is -0.199. The van der Waals surface area contributed by atoms with Crippen LogP contribution >= 0.6 is 11.8 Å². The molecule has 6 nitrogen and oxygen atoms in total. The second kappa shape index (κ2) is 10.5. The van der Waals surface area contributed by atoms with E-state index in [0.29, 0.717) is 29.1 Å². The molecule has 1 aliphatic rings. The zero-order valence-corrected chi connectivity index (χ0v) is 20.1. The van der Waals surface area contributed by atoms with Crippen LogP contribution in [0.25, 0.3) is 6.08 Å². The van der Waals surface area contributed by atoms with E-state index in [0.717, 1.165) is 27.5 Å². The first kappa shape index (κ1) is 23.4. The third kappa shape index (κ3) is 5.43. The van der Waals surface area contributed by atoms with E-state index < -0.39 is 0 Å². The van der Waals surface area contributed by atoms with E-state index in [-0.39, 0.29) is 11.8 Å². The molecule has 0 fully saturated rings. The number of fused-ring (bicyclic) bond motifs is 1. The molecule has 0 atom stereocenters. The third-order valence-electron chi connectivity index (χ3n) is 5.48. The fourth-order valence-corrected chi connectivity index (χ4v) is 4.52. The molecule has 0 saturated heterocycles. The molecular formula is C27H26N2O4S. The van der Waals surface area contributed by atoms with Crippen molar-refractivity contribution < 1.29 is 19.1 Å². The summed E-state index contributed by atoms with van der Waals surface area (Å²) in [6, 6.07) is 19.0. The number of rotatable bonds is 7. The van der Waals surface area contributed by atoms with Gasteiger partial charge in [0.1, 0.15) is 11.5 Å². The summed E-state index contributed by atoms with van der Waals surface area (Å²) in [6.45, 7) is 2.47. The minimum absolute atomic E-state index is 0.178. The Labute approximate surface area is 203 Å². The van der Waals surface area contributed by atoms with Gasteiger partial charge in [-0.1, -0.05) is 47.7 Å². The molecule has 0 saturated carbocycles. The van der Waals surface area contributed by atoms with Gasteiger partial charge in [0.15, 0.2) is 0 Å². The largest absolute Gasteiger partial charge is 0.497 e. The van der Waals surface area contributed by atoms with Gasteiger partial charge in [-0.2, -0.15) is 0 Å². The SMILES string of the molecule is COc1ccc(CCNC(=O)c2ccc3c(c2)NC(=O)/C(=C\c2ccc(C)cc2)S3)c(OC)c1. The van der Waals surface area contributed by atoms with E-state index in [1.165, 1.54) is 17.3 Å². The maximum absolute atomic E-state index is 12.7. The first-order valence-electron chi connectivity index (χ1n) is 10.9. The number of carbonyl (C=O) groups excluding carboxylic acids is 2. The fourth-order valence-electron chi connectivity index (χ4n) is 3.59. The summed E-state index contributed by atoms with van der Waals surface area (Å²) >= 11 is 1.40. The highest BCUT2D eigenvalue weighted by Crippen LogP contribution is 2.39. The van der Waals surface area contributed by atoms with Crippen LogP contribution in [0.15, 0.2) is 70.5 Å². The van der Waals surface area contributed by atoms with Crippen LogP contribution in [0.1, 0.15) is 27.0 Å². The molecule has 4 rings (SSSR count). The molecule has 0 spiro atoms. The van der Waals surface area contributed by atoms with E-state index in [1.54, 1.807) is 26.4 Å². The monoisotopic (exact) mass is 474 g/mol. The zero-order valence-electron chi connectivity index (χ0n) is 19.3. The molecular weight excluding hydrogens is 448 g/mol. The van der Waals surface area contributed by atoms with Gasteiger partial charge in [-0.25, -0.2) is 0 Å². The van der Waals surface area contributed by atoms with Gasteiger partial charge in [0.2, 0.25) is 0 Å². The Morgan fingerprint density at radius 2 is 1.82 bits per heavy atom. The standard InChI is InChI=1S/C27H26N2O4S/c1-17-4-6-18(7-5-17)14-25-27(31)29-22-15-20(9-11-24(22)34-25)26(30)28-13-12-19-8-10-21(32-2)16-23(19)33-3/h4-11,14-16H,12-13H2,1-3H3,(H,28,30)(H,29,31)/b25-14+. The number of nitrogens with one attached hydrogen (secondary N) is 2. The van der Waals surface area contributed by atoms with Crippen molar-refractivity contribution in [2.75, 3.05) is 26.1 Å². The predicted molar refractivity (Wildman–Crippen MR) is 136 cm³/mol. The Hall–Kier alpha value is -3.71. The van der Waals surface area contributed by atoms with Crippen LogP contribution in [-0.2, 0) is 11.2 Å². The van der Waals surface area contributed by atoms with E-state index in [1.807, 2.05) is 61.5 Å². The molecule has 0 aromatic heterocycles. The van der Waals surface area contributed by atoms with Gasteiger partial charge >= 0.3 is 0 Å². The van der Waals surface area contributed by atoms with Crippen LogP contribution in [0.4, 0.5) is 5.69 Å². The highest BCUT2D eigenvalue weighted by molar-refractivity contribution is 8.04. The topological polar surface area (TPSA) is 76.7 Å². The summed E-state index contributed by atoms with van der Waals surface area (Å²) in [5.41, 5.74) is 4.25. The lowest BCUT2D eigenvalue weighted by molar-refractivity contribution is -0.112. The Kier molecular flexibility index (Phi) is 7.23. The normalized spacial score (nSPS) is 13.7. The lowest BCUT2D eigenvalue weighted by Gasteiger charge is -2.19. The van der Waals surface area contributed by atoms with Gasteiger partial charge < -0.3 is 20.1 Å². The van der Waals surface area contributed by atoms with Gasteiger partial charge in [-0.3, -0.25) is 9.59 Å². The number of hydrogen-bond acceptors (Lipinski definition) is 5. The van der Waals surface area contributed by atoms with Crippen molar-refractivity contribution in [3.63, 3.8) is 0 Å². The summed E-state index contributed by atoms with van der Waals surface area (Å²) in [4.78, 5) is 26.8. The molecule has 0 bridgehead atoms. The number of anilines is 1. The summed E-state index contributed by atoms with van der Waals surface area (Å²) < 4.78 is 10.6. The number of benzene rings is 3. The Morgan fingerprint density at radius 1 is 1.03 bits per heavy atom. The molecule has 3 aromatic rings. The molecule has 2 amide bonds. The number of amides is 2. The van der Waals surface area contributed by atoms with E-state index in [9.17, 15) is 9.59 Å². The molecule has 3 aromatic carbocycles. The van der Waals surface area contributed by atoms with Crippen molar-refractivity contribution in [2.24, 2.45) is 0 Å². The van der Waals surface area contributed by atoms with Crippen LogP contribution < -0.4 is 20.1 Å². The van der Waals surface area contributed by atoms with Gasteiger partial charge in [-0.15, -0.1) is 0 Å². The Bertz CT molecular complexity index is 1250. The average Bonchev–Trinajstić information content (AvgIpc) is 2.85. The maximum atomic E-state index is 12.7. The van der Waals surface area contributed by atoms with Crippen LogP contribution in [-0.4, -0.2) is 32.6 Å². The molecule has 1 heterocycles. The molecule has 0 aliphatic carbocycles. The third-order valence-corrected chi connectivity index (χ3v) is 6.58. The second-order valence-corrected chi connectivity index (χ2v) is 8.95. The smallest absolute Gasteiger partial charge is 0.262 e. The quantitative estimate of drug-likeness (QED) is 0.468. The highest BCUT2D eigenvalue weighted by atomic mass is 32.2. The minimum Gasteiger partial charge on any atom is -0.497 e. The summed E-state index contributed by atoms with van der Waals surface area (Å²) in [7, 11) is 3.22. The molecule has 1 aliphatic heterocycles. The fraction of sp³-hybridized carbons (Fsp3) is 0.185. The molecule has 0 unspecified atom stereocenters. The number of aryl methyl sites for hydroxylation is 1. The second-order valence-electron chi connectivity index (χ2n) is 7.87. The average molecular weight is 475 g/mol. The van der Waals surface area contributed by atoms with Crippen molar-refractivity contribution >= 4 is 35.3 Å². The summed E-state index contributed by atoms with van der Waals surface area (Å²) in [5, 5.41) is 5.84. The zero-order chi connectivity index (χ0) is 24.1. The molecule has 174 valence electrons. The van der Waals surface area contributed by atoms with Gasteiger partial charge in [-0.05, 0) is 54.8 Å². The number of hydrogen-bond donors (Lipinski definition) is 2. The first-order chi connectivity index (χ1) is 16.5. The maximum Gasteiger partial charge on any atom is 0.262 e. The van der Waals surface area contributed by atoms with E-state index in [2.05, 4.69) is 10.6 Å². The van der Waals surface area contributed by atoms with Crippen LogP contribution in [0, 0.1) is 6.92 Å². The molecule has 7 heteroatoms. The van der Waals surface area contributed by atoms with Crippen LogP contribution in [0.3, 0.4) is 0 Å². The van der Waals surface area contributed by atoms with Crippen LogP contribution in [0.5, 0.6) is 11.5 Å². The van der Waals surface area contributed by atoms with Crippen LogP contribution in [0.2, 0.25) is 0 Å². The van der Waals surface area contributed by atoms with Crippen molar-refractivity contribution in [1.29, 1.82) is 0 Å². The van der Waals surface area contributed by atoms with Gasteiger partial charge in [0.05, 0.1) is 24.8 Å². The summed E-state index contributed by atoms with van der Waals surface area (Å²) in [5.74, 6) is 1.06. The number of carbonyl (C=O) groups is 2. The number of thioether (sulfide) groups is 1. The predicted octanol–water partition coefficient (Wildman–Crippen LogP) is 5.07. The van der Waals surface area contributed by atoms with Crippen molar-refractivity contribution in [2.45, 2.75) is 18.2 Å². The molecule has 0 radical (unpaired) electrons. The lowest BCUT2D eigenvalue weighted by atomic mass is 10.1. The molecule has 34 heavy (non-hydrogen) atoms. The molecule has 2 N–H and O–H groups in total. The lowest BCUT2D eigenvalue weighted by Crippen LogP contribution is -2.26. The van der Waals surface area contributed by atoms with Gasteiger partial charge in [0.25, 0.3) is 11.8 Å². The Morgan fingerprint density at radius 3 is 2.56 bits per heavy atom. The Balaban J connectivity index is 1.40. The summed E-state index contributed by atoms with van der Waals surface area (Å²) in [6.07, 6.45) is 2.49. The van der Waals surface area contributed by atoms with Crippen molar-refractivity contribution in [1.82, 2.24) is 5.32 Å². The highest BCUT2D eigenvalue weighted by Gasteiger charge is 2.22. The number of methoxy groups -OCH3 is 2. The van der Waals surface area contributed by atoms with E-state index >= 15 is 0 Å². The van der Waals surface area contributed by atoms with Gasteiger partial charge in [0, 0.05) is 23.1 Å². The van der Waals surface area contributed by atoms with Crippen molar-refractivity contribution in [3.05, 3.63) is 87.8 Å².